The first-order valence-electron chi connectivity index (χ1n) is 6.29. The van der Waals surface area contributed by atoms with Gasteiger partial charge in [0, 0.05) is 6.42 Å². The maximum atomic E-state index is 12.0. The van der Waals surface area contributed by atoms with Crippen molar-refractivity contribution < 1.29 is 14.4 Å². The Hall–Kier alpha value is -1.39. The van der Waals surface area contributed by atoms with Crippen molar-refractivity contribution >= 4 is 5.97 Å². The summed E-state index contributed by atoms with van der Waals surface area (Å²) in [6.07, 6.45) is 0.574. The summed E-state index contributed by atoms with van der Waals surface area (Å²) >= 11 is 0. The second-order valence-electron chi connectivity index (χ2n) is 5.26. The number of fused-ring (bicyclic) bond motifs is 1. The fraction of sp³-hybridized carbons (Fsp3) is 0.500. The minimum atomic E-state index is -0.655. The van der Waals surface area contributed by atoms with Crippen LogP contribution in [0.2, 0.25) is 0 Å². The van der Waals surface area contributed by atoms with Gasteiger partial charge in [0.1, 0.15) is 18.2 Å². The van der Waals surface area contributed by atoms with E-state index in [1.54, 1.807) is 0 Å². The normalized spacial score (nSPS) is 36.2. The van der Waals surface area contributed by atoms with Crippen molar-refractivity contribution in [3.8, 4) is 0 Å². The molecule has 2 fully saturated rings. The van der Waals surface area contributed by atoms with Crippen molar-refractivity contribution in [2.45, 2.75) is 38.0 Å². The number of esters is 1. The van der Waals surface area contributed by atoms with E-state index in [4.69, 9.17) is 9.57 Å². The molecule has 1 aromatic carbocycles. The van der Waals surface area contributed by atoms with Crippen LogP contribution in [0.25, 0.3) is 0 Å². The van der Waals surface area contributed by atoms with E-state index >= 15 is 0 Å². The van der Waals surface area contributed by atoms with Crippen LogP contribution in [0.4, 0.5) is 0 Å². The summed E-state index contributed by atoms with van der Waals surface area (Å²) in [6.45, 7) is 4.31. The quantitative estimate of drug-likeness (QED) is 0.712. The smallest absolute Gasteiger partial charge is 0.328 e. The Kier molecular flexibility index (Phi) is 2.64. The van der Waals surface area contributed by atoms with Crippen LogP contribution in [0.5, 0.6) is 0 Å². The van der Waals surface area contributed by atoms with Gasteiger partial charge in [-0.15, -0.1) is 0 Å². The van der Waals surface area contributed by atoms with Crippen LogP contribution in [-0.4, -0.2) is 29.2 Å². The van der Waals surface area contributed by atoms with Gasteiger partial charge >= 0.3 is 5.97 Å². The SMILES string of the molecule is C[C@H]1COC(=O)[C@]2(C)C[C@@H](c3ccccc3)ON12. The lowest BCUT2D eigenvalue weighted by molar-refractivity contribution is -0.243. The number of rotatable bonds is 1. The fourth-order valence-corrected chi connectivity index (χ4v) is 2.77. The summed E-state index contributed by atoms with van der Waals surface area (Å²) in [6, 6.07) is 10.1. The summed E-state index contributed by atoms with van der Waals surface area (Å²) in [5, 5.41) is 1.82. The molecule has 18 heavy (non-hydrogen) atoms. The predicted molar refractivity (Wildman–Crippen MR) is 65.6 cm³/mol. The van der Waals surface area contributed by atoms with Crippen LogP contribution in [0.15, 0.2) is 30.3 Å². The number of hydrogen-bond acceptors (Lipinski definition) is 4. The molecule has 4 nitrogen and oxygen atoms in total. The molecule has 96 valence electrons. The number of nitrogens with zero attached hydrogens (tertiary/aromatic N) is 1. The van der Waals surface area contributed by atoms with E-state index in [9.17, 15) is 4.79 Å². The van der Waals surface area contributed by atoms with E-state index in [1.165, 1.54) is 0 Å². The lowest BCUT2D eigenvalue weighted by Gasteiger charge is -2.39. The number of hydrogen-bond donors (Lipinski definition) is 0. The van der Waals surface area contributed by atoms with Crippen LogP contribution in [0, 0.1) is 0 Å². The highest BCUT2D eigenvalue weighted by atomic mass is 16.7. The summed E-state index contributed by atoms with van der Waals surface area (Å²) in [5.41, 5.74) is 0.450. The molecule has 0 radical (unpaired) electrons. The number of carbonyl (C=O) groups excluding carboxylic acids is 1. The Morgan fingerprint density at radius 1 is 1.33 bits per heavy atom. The molecule has 2 heterocycles. The zero-order valence-electron chi connectivity index (χ0n) is 10.6. The third-order valence-corrected chi connectivity index (χ3v) is 3.78. The second kappa shape index (κ2) is 4.07. The molecule has 2 saturated heterocycles. The zero-order valence-corrected chi connectivity index (χ0v) is 10.6. The molecular weight excluding hydrogens is 230 g/mol. The van der Waals surface area contributed by atoms with Crippen LogP contribution in [0.3, 0.4) is 0 Å². The van der Waals surface area contributed by atoms with Gasteiger partial charge < -0.3 is 4.74 Å². The molecule has 0 aromatic heterocycles. The van der Waals surface area contributed by atoms with Crippen LogP contribution in [0.1, 0.15) is 31.9 Å². The molecule has 0 spiro atoms. The molecule has 3 atom stereocenters. The first-order valence-corrected chi connectivity index (χ1v) is 6.29. The Morgan fingerprint density at radius 3 is 2.72 bits per heavy atom. The van der Waals surface area contributed by atoms with Gasteiger partial charge in [-0.05, 0) is 19.4 Å². The first-order chi connectivity index (χ1) is 8.61. The highest BCUT2D eigenvalue weighted by Crippen LogP contribution is 2.43. The molecule has 0 bridgehead atoms. The fourth-order valence-electron chi connectivity index (χ4n) is 2.77. The molecule has 3 rings (SSSR count). The molecular formula is C14H17NO3. The number of cyclic esters (lactones) is 1. The lowest BCUT2D eigenvalue weighted by Crippen LogP contribution is -2.57. The largest absolute Gasteiger partial charge is 0.462 e. The van der Waals surface area contributed by atoms with E-state index < -0.39 is 5.54 Å². The second-order valence-corrected chi connectivity index (χ2v) is 5.26. The molecule has 2 aliphatic rings. The highest BCUT2D eigenvalue weighted by Gasteiger charge is 2.55. The maximum absolute atomic E-state index is 12.0. The zero-order chi connectivity index (χ0) is 12.8. The Balaban J connectivity index is 1.90. The standard InChI is InChI=1S/C14H17NO3/c1-10-9-17-13(16)14(2)8-12(18-15(10)14)11-6-4-3-5-7-11/h3-7,10,12H,8-9H2,1-2H3/t10-,12-,14-/m0/s1. The topological polar surface area (TPSA) is 38.8 Å². The molecule has 2 aliphatic heterocycles. The van der Waals surface area contributed by atoms with E-state index in [-0.39, 0.29) is 18.1 Å². The van der Waals surface area contributed by atoms with Crippen LogP contribution < -0.4 is 0 Å². The van der Waals surface area contributed by atoms with Crippen molar-refractivity contribution in [2.24, 2.45) is 0 Å². The van der Waals surface area contributed by atoms with E-state index in [0.717, 1.165) is 5.56 Å². The van der Waals surface area contributed by atoms with Crippen molar-refractivity contribution in [1.82, 2.24) is 5.06 Å². The molecule has 0 saturated carbocycles. The number of hydroxylamine groups is 2. The van der Waals surface area contributed by atoms with Gasteiger partial charge in [-0.25, -0.2) is 4.79 Å². The van der Waals surface area contributed by atoms with E-state index in [1.807, 2.05) is 49.2 Å². The van der Waals surface area contributed by atoms with Crippen molar-refractivity contribution in [1.29, 1.82) is 0 Å². The molecule has 0 aliphatic carbocycles. The van der Waals surface area contributed by atoms with Gasteiger partial charge in [0.15, 0.2) is 0 Å². The minimum absolute atomic E-state index is 0.0655. The van der Waals surface area contributed by atoms with Gasteiger partial charge in [0.2, 0.25) is 0 Å². The monoisotopic (exact) mass is 247 g/mol. The van der Waals surface area contributed by atoms with Gasteiger partial charge in [-0.3, -0.25) is 4.84 Å². The number of morpholine rings is 1. The third kappa shape index (κ3) is 1.64. The van der Waals surface area contributed by atoms with Crippen molar-refractivity contribution in [3.05, 3.63) is 35.9 Å². The van der Waals surface area contributed by atoms with Crippen LogP contribution >= 0.6 is 0 Å². The number of benzene rings is 1. The summed E-state index contributed by atoms with van der Waals surface area (Å²) in [7, 11) is 0. The number of ether oxygens (including phenoxy) is 1. The average Bonchev–Trinajstić information content (AvgIpc) is 2.76. The highest BCUT2D eigenvalue weighted by molar-refractivity contribution is 5.81. The number of carbonyl (C=O) groups is 1. The molecule has 0 amide bonds. The predicted octanol–water partition coefficient (Wildman–Crippen LogP) is 2.07. The van der Waals surface area contributed by atoms with Gasteiger partial charge in [0.25, 0.3) is 0 Å². The van der Waals surface area contributed by atoms with Crippen molar-refractivity contribution in [2.75, 3.05) is 6.61 Å². The summed E-state index contributed by atoms with van der Waals surface area (Å²) in [4.78, 5) is 17.9. The van der Waals surface area contributed by atoms with Crippen molar-refractivity contribution in [3.63, 3.8) is 0 Å². The molecule has 0 N–H and O–H groups in total. The lowest BCUT2D eigenvalue weighted by atomic mass is 9.91. The molecule has 4 heteroatoms. The van der Waals surface area contributed by atoms with Gasteiger partial charge in [-0.2, -0.15) is 5.06 Å². The molecule has 1 aromatic rings. The van der Waals surface area contributed by atoms with Gasteiger partial charge in [-0.1, -0.05) is 30.3 Å². The van der Waals surface area contributed by atoms with Crippen LogP contribution in [-0.2, 0) is 14.4 Å². The summed E-state index contributed by atoms with van der Waals surface area (Å²) < 4.78 is 5.23. The minimum Gasteiger partial charge on any atom is -0.462 e. The Bertz CT molecular complexity index is 461. The summed E-state index contributed by atoms with van der Waals surface area (Å²) in [5.74, 6) is -0.181. The Morgan fingerprint density at radius 2 is 2.06 bits per heavy atom. The Labute approximate surface area is 106 Å². The van der Waals surface area contributed by atoms with E-state index in [0.29, 0.717) is 13.0 Å². The average molecular weight is 247 g/mol. The van der Waals surface area contributed by atoms with Gasteiger partial charge in [0.05, 0.1) is 6.04 Å². The molecule has 0 unspecified atom stereocenters. The third-order valence-electron chi connectivity index (χ3n) is 3.78. The first kappa shape index (κ1) is 11.7. The maximum Gasteiger partial charge on any atom is 0.328 e. The van der Waals surface area contributed by atoms with E-state index in [2.05, 4.69) is 0 Å².